The zero-order chi connectivity index (χ0) is 12.4. The van der Waals surface area contributed by atoms with Gasteiger partial charge in [-0.25, -0.2) is 0 Å². The standard InChI is InChI=1S/C14H18N2O/c1-11-8-12(2)14(13(3)9-11)16-5-4-15(10-16)6-7-17/h4-5,8-9,17H,6-7H2,1-3H3. The number of rotatable bonds is 3. The Morgan fingerprint density at radius 1 is 1.24 bits per heavy atom. The van der Waals surface area contributed by atoms with Crippen LogP contribution in [0.1, 0.15) is 16.7 Å². The molecular formula is C14H18N2O. The van der Waals surface area contributed by atoms with Gasteiger partial charge in [0.05, 0.1) is 18.8 Å². The molecule has 1 heterocycles. The Bertz CT molecular complexity index is 506. The molecule has 0 amide bonds. The van der Waals surface area contributed by atoms with Gasteiger partial charge in [-0.15, -0.1) is 0 Å². The molecule has 0 bridgehead atoms. The van der Waals surface area contributed by atoms with Crippen molar-refractivity contribution in [3.63, 3.8) is 0 Å². The van der Waals surface area contributed by atoms with E-state index in [1.807, 2.05) is 21.5 Å². The highest BCUT2D eigenvalue weighted by molar-refractivity contribution is 5.43. The molecule has 0 fully saturated rings. The van der Waals surface area contributed by atoms with E-state index in [1.54, 1.807) is 0 Å². The second-order valence-corrected chi connectivity index (χ2v) is 4.43. The third kappa shape index (κ3) is 2.39. The maximum atomic E-state index is 8.89. The van der Waals surface area contributed by atoms with Crippen molar-refractivity contribution in [3.05, 3.63) is 47.5 Å². The first kappa shape index (κ1) is 11.9. The van der Waals surface area contributed by atoms with Gasteiger partial charge in [-0.2, -0.15) is 0 Å². The topological polar surface area (TPSA) is 29.0 Å². The molecule has 2 rings (SSSR count). The average molecular weight is 230 g/mol. The second-order valence-electron chi connectivity index (χ2n) is 4.43. The van der Waals surface area contributed by atoms with Crippen molar-refractivity contribution in [3.8, 4) is 5.69 Å². The van der Waals surface area contributed by atoms with E-state index in [1.165, 1.54) is 22.4 Å². The van der Waals surface area contributed by atoms with E-state index in [4.69, 9.17) is 5.11 Å². The zero-order valence-corrected chi connectivity index (χ0v) is 10.6. The summed E-state index contributed by atoms with van der Waals surface area (Å²) in [5, 5.41) is 8.89. The molecule has 1 aromatic carbocycles. The molecular weight excluding hydrogens is 212 g/mol. The van der Waals surface area contributed by atoms with Crippen molar-refractivity contribution < 1.29 is 9.67 Å². The first-order valence-electron chi connectivity index (χ1n) is 5.81. The summed E-state index contributed by atoms with van der Waals surface area (Å²) in [4.78, 5) is 0. The maximum Gasteiger partial charge on any atom is 0.243 e. The van der Waals surface area contributed by atoms with Crippen LogP contribution in [0.15, 0.2) is 24.5 Å². The molecule has 2 aromatic rings. The van der Waals surface area contributed by atoms with Gasteiger partial charge in [-0.1, -0.05) is 17.7 Å². The molecule has 17 heavy (non-hydrogen) atoms. The summed E-state index contributed by atoms with van der Waals surface area (Å²) in [5.74, 6) is 0. The number of hydrogen-bond acceptors (Lipinski definition) is 1. The van der Waals surface area contributed by atoms with Crippen molar-refractivity contribution in [2.24, 2.45) is 0 Å². The second kappa shape index (κ2) is 4.72. The molecule has 1 aromatic heterocycles. The number of imidazole rings is 1. The summed E-state index contributed by atoms with van der Waals surface area (Å²) in [6, 6.07) is 4.35. The quantitative estimate of drug-likeness (QED) is 0.628. The normalized spacial score (nSPS) is 10.8. The lowest BCUT2D eigenvalue weighted by atomic mass is 10.1. The number of aliphatic hydroxyl groups excluding tert-OH is 1. The third-order valence-corrected chi connectivity index (χ3v) is 2.85. The van der Waals surface area contributed by atoms with Gasteiger partial charge in [0.25, 0.3) is 0 Å². The Balaban J connectivity index is 2.45. The Hall–Kier alpha value is -1.61. The summed E-state index contributed by atoms with van der Waals surface area (Å²) in [6.45, 7) is 7.04. The lowest BCUT2D eigenvalue weighted by Gasteiger charge is -2.12. The summed E-state index contributed by atoms with van der Waals surface area (Å²) in [7, 11) is 0. The van der Waals surface area contributed by atoms with Crippen molar-refractivity contribution in [2.45, 2.75) is 27.3 Å². The molecule has 0 atom stereocenters. The number of benzene rings is 1. The van der Waals surface area contributed by atoms with E-state index in [2.05, 4.69) is 39.2 Å². The number of aromatic nitrogens is 2. The molecule has 3 nitrogen and oxygen atoms in total. The van der Waals surface area contributed by atoms with Gasteiger partial charge >= 0.3 is 0 Å². The highest BCUT2D eigenvalue weighted by atomic mass is 16.3. The molecule has 3 heteroatoms. The van der Waals surface area contributed by atoms with Crippen LogP contribution in [0.5, 0.6) is 0 Å². The summed E-state index contributed by atoms with van der Waals surface area (Å²) in [6.07, 6.45) is 7.10. The first-order chi connectivity index (χ1) is 8.11. The molecule has 1 N–H and O–H groups in total. The van der Waals surface area contributed by atoms with Gasteiger partial charge < -0.3 is 14.2 Å². The van der Waals surface area contributed by atoms with Crippen LogP contribution >= 0.6 is 0 Å². The fourth-order valence-electron chi connectivity index (χ4n) is 2.26. The zero-order valence-electron chi connectivity index (χ0n) is 10.6. The summed E-state index contributed by atoms with van der Waals surface area (Å²) in [5.41, 5.74) is 4.93. The summed E-state index contributed by atoms with van der Waals surface area (Å²) < 4.78 is 3.85. The van der Waals surface area contributed by atoms with E-state index in [9.17, 15) is 0 Å². The Morgan fingerprint density at radius 2 is 1.88 bits per heavy atom. The molecule has 0 aliphatic carbocycles. The predicted molar refractivity (Wildman–Crippen MR) is 66.1 cm³/mol. The lowest BCUT2D eigenvalue weighted by Crippen LogP contribution is -2.31. The fraction of sp³-hybridized carbons (Fsp3) is 0.357. The minimum absolute atomic E-state index is 0.136. The predicted octanol–water partition coefficient (Wildman–Crippen LogP) is 1.48. The molecule has 0 unspecified atom stereocenters. The van der Waals surface area contributed by atoms with Crippen LogP contribution in [0.25, 0.3) is 5.69 Å². The largest absolute Gasteiger partial charge is 0.392 e. The number of aryl methyl sites for hydroxylation is 3. The molecule has 0 radical (unpaired) electrons. The minimum atomic E-state index is 0.136. The highest BCUT2D eigenvalue weighted by Crippen LogP contribution is 2.15. The Kier molecular flexibility index (Phi) is 3.29. The first-order valence-corrected chi connectivity index (χ1v) is 5.81. The van der Waals surface area contributed by atoms with Crippen LogP contribution in [0.4, 0.5) is 0 Å². The van der Waals surface area contributed by atoms with Crippen LogP contribution < -0.4 is 4.57 Å². The SMILES string of the molecule is Cc1cc(C)c(-[n+]2[c-]n(CCO)cc2)c(C)c1. The molecule has 0 saturated carbocycles. The van der Waals surface area contributed by atoms with Crippen LogP contribution in [0.3, 0.4) is 0 Å². The Labute approximate surface area is 102 Å². The van der Waals surface area contributed by atoms with Crippen LogP contribution in [0, 0.1) is 27.1 Å². The molecule has 0 spiro atoms. The van der Waals surface area contributed by atoms with E-state index >= 15 is 0 Å². The molecule has 0 saturated heterocycles. The fourth-order valence-corrected chi connectivity index (χ4v) is 2.26. The maximum absolute atomic E-state index is 8.89. The molecule has 0 aliphatic rings. The van der Waals surface area contributed by atoms with E-state index in [-0.39, 0.29) is 6.61 Å². The van der Waals surface area contributed by atoms with Gasteiger partial charge in [0.1, 0.15) is 0 Å². The van der Waals surface area contributed by atoms with Crippen LogP contribution in [0.2, 0.25) is 0 Å². The van der Waals surface area contributed by atoms with Crippen molar-refractivity contribution in [1.82, 2.24) is 4.57 Å². The van der Waals surface area contributed by atoms with Crippen LogP contribution in [-0.2, 0) is 6.54 Å². The van der Waals surface area contributed by atoms with Gasteiger partial charge in [-0.05, 0) is 31.9 Å². The van der Waals surface area contributed by atoms with Crippen molar-refractivity contribution in [1.29, 1.82) is 0 Å². The van der Waals surface area contributed by atoms with E-state index < -0.39 is 0 Å². The summed E-state index contributed by atoms with van der Waals surface area (Å²) >= 11 is 0. The average Bonchev–Trinajstić information content (AvgIpc) is 2.65. The third-order valence-electron chi connectivity index (χ3n) is 2.85. The number of hydrogen-bond donors (Lipinski definition) is 1. The van der Waals surface area contributed by atoms with Crippen LogP contribution in [-0.4, -0.2) is 16.3 Å². The van der Waals surface area contributed by atoms with Crippen molar-refractivity contribution >= 4 is 0 Å². The van der Waals surface area contributed by atoms with E-state index in [0.29, 0.717) is 6.54 Å². The van der Waals surface area contributed by atoms with Gasteiger partial charge in [0.2, 0.25) is 6.33 Å². The molecule has 0 aliphatic heterocycles. The van der Waals surface area contributed by atoms with Gasteiger partial charge in [-0.3, -0.25) is 0 Å². The van der Waals surface area contributed by atoms with Gasteiger partial charge in [0, 0.05) is 12.4 Å². The van der Waals surface area contributed by atoms with Crippen molar-refractivity contribution in [2.75, 3.05) is 6.61 Å². The molecule has 90 valence electrons. The van der Waals surface area contributed by atoms with Gasteiger partial charge in [0.15, 0.2) is 0 Å². The number of nitrogens with zero attached hydrogens (tertiary/aromatic N) is 2. The monoisotopic (exact) mass is 230 g/mol. The smallest absolute Gasteiger partial charge is 0.243 e. The minimum Gasteiger partial charge on any atom is -0.392 e. The number of aliphatic hydroxyl groups is 1. The van der Waals surface area contributed by atoms with E-state index in [0.717, 1.165) is 0 Å². The highest BCUT2D eigenvalue weighted by Gasteiger charge is 2.06. The Morgan fingerprint density at radius 3 is 2.47 bits per heavy atom. The lowest BCUT2D eigenvalue weighted by molar-refractivity contribution is -0.600.